The molecule has 7 heteroatoms. The second-order valence-corrected chi connectivity index (χ2v) is 5.63. The molecule has 1 fully saturated rings. The summed E-state index contributed by atoms with van der Waals surface area (Å²) in [4.78, 5) is 34.8. The quantitative estimate of drug-likeness (QED) is 0.586. The van der Waals surface area contributed by atoms with Crippen molar-refractivity contribution in [2.45, 2.75) is 64.0 Å². The van der Waals surface area contributed by atoms with E-state index in [1.54, 1.807) is 0 Å². The molecule has 0 radical (unpaired) electrons. The topological polar surface area (TPSA) is 108 Å². The van der Waals surface area contributed by atoms with E-state index in [1.165, 1.54) is 0 Å². The predicted octanol–water partition coefficient (Wildman–Crippen LogP) is 0.988. The smallest absolute Gasteiger partial charge is 0.329 e. The van der Waals surface area contributed by atoms with E-state index in [2.05, 4.69) is 16.0 Å². The molecule has 0 aromatic rings. The molecule has 1 unspecified atom stereocenters. The fraction of sp³-hybridized carbons (Fsp3) is 0.786. The summed E-state index contributed by atoms with van der Waals surface area (Å²) in [5, 5.41) is 17.0. The van der Waals surface area contributed by atoms with Crippen LogP contribution in [0.1, 0.15) is 52.4 Å². The van der Waals surface area contributed by atoms with Gasteiger partial charge in [0.2, 0.25) is 5.91 Å². The summed E-state index contributed by atoms with van der Waals surface area (Å²) in [6.45, 7) is 3.66. The standard InChI is InChI=1S/C14H25N3O4/c1-3-10(2)16-11(18)9-15-13(21)17-14(12(19)20)7-5-4-6-8-14/h10H,3-9H2,1-2H3,(H,16,18)(H,19,20)(H2,15,17,21). The van der Waals surface area contributed by atoms with E-state index in [0.29, 0.717) is 12.8 Å². The Kier molecular flexibility index (Phi) is 6.45. The van der Waals surface area contributed by atoms with Crippen molar-refractivity contribution >= 4 is 17.9 Å². The molecule has 1 atom stereocenters. The number of rotatable bonds is 6. The SMILES string of the molecule is CCC(C)NC(=O)CNC(=O)NC1(C(=O)O)CCCCC1. The summed E-state index contributed by atoms with van der Waals surface area (Å²) in [6.07, 6.45) is 4.20. The summed E-state index contributed by atoms with van der Waals surface area (Å²) in [5.74, 6) is -1.30. The first-order chi connectivity index (χ1) is 9.89. The Balaban J connectivity index is 2.44. The average molecular weight is 299 g/mol. The monoisotopic (exact) mass is 299 g/mol. The summed E-state index contributed by atoms with van der Waals surface area (Å²) < 4.78 is 0. The van der Waals surface area contributed by atoms with Gasteiger partial charge in [0, 0.05) is 6.04 Å². The van der Waals surface area contributed by atoms with Crippen molar-refractivity contribution in [3.63, 3.8) is 0 Å². The molecule has 3 amide bonds. The third-order valence-electron chi connectivity index (χ3n) is 3.90. The maximum atomic E-state index is 11.8. The molecular weight excluding hydrogens is 274 g/mol. The first-order valence-electron chi connectivity index (χ1n) is 7.48. The molecule has 0 aromatic heterocycles. The van der Waals surface area contributed by atoms with Gasteiger partial charge in [-0.2, -0.15) is 0 Å². The van der Waals surface area contributed by atoms with Crippen molar-refractivity contribution in [2.24, 2.45) is 0 Å². The van der Waals surface area contributed by atoms with E-state index >= 15 is 0 Å². The number of urea groups is 1. The van der Waals surface area contributed by atoms with Crippen LogP contribution in [0.15, 0.2) is 0 Å². The van der Waals surface area contributed by atoms with Gasteiger partial charge < -0.3 is 21.1 Å². The van der Waals surface area contributed by atoms with E-state index in [1.807, 2.05) is 13.8 Å². The molecule has 0 heterocycles. The molecule has 0 bridgehead atoms. The highest BCUT2D eigenvalue weighted by atomic mass is 16.4. The highest BCUT2D eigenvalue weighted by Gasteiger charge is 2.40. The lowest BCUT2D eigenvalue weighted by Crippen LogP contribution is -2.58. The van der Waals surface area contributed by atoms with E-state index in [0.717, 1.165) is 25.7 Å². The van der Waals surface area contributed by atoms with Gasteiger partial charge in [-0.15, -0.1) is 0 Å². The Morgan fingerprint density at radius 1 is 1.19 bits per heavy atom. The molecule has 1 aliphatic carbocycles. The summed E-state index contributed by atoms with van der Waals surface area (Å²) >= 11 is 0. The van der Waals surface area contributed by atoms with Crippen LogP contribution in [-0.2, 0) is 9.59 Å². The number of hydrogen-bond acceptors (Lipinski definition) is 3. The Morgan fingerprint density at radius 3 is 2.33 bits per heavy atom. The molecule has 21 heavy (non-hydrogen) atoms. The minimum absolute atomic E-state index is 0.0473. The van der Waals surface area contributed by atoms with Crippen molar-refractivity contribution in [1.82, 2.24) is 16.0 Å². The van der Waals surface area contributed by atoms with E-state index < -0.39 is 17.5 Å². The fourth-order valence-corrected chi connectivity index (χ4v) is 2.40. The number of aliphatic carboxylic acids is 1. The van der Waals surface area contributed by atoms with Gasteiger partial charge in [0.25, 0.3) is 0 Å². The van der Waals surface area contributed by atoms with Crippen molar-refractivity contribution in [2.75, 3.05) is 6.54 Å². The highest BCUT2D eigenvalue weighted by molar-refractivity contribution is 5.88. The maximum absolute atomic E-state index is 11.8. The number of carboxylic acid groups (broad SMARTS) is 1. The third kappa shape index (κ3) is 5.24. The Hall–Kier alpha value is -1.79. The zero-order valence-corrected chi connectivity index (χ0v) is 12.7. The summed E-state index contributed by atoms with van der Waals surface area (Å²) in [7, 11) is 0. The molecule has 1 rings (SSSR count). The minimum Gasteiger partial charge on any atom is -0.480 e. The molecule has 4 N–H and O–H groups in total. The van der Waals surface area contributed by atoms with Crippen LogP contribution in [-0.4, -0.2) is 41.1 Å². The van der Waals surface area contributed by atoms with Gasteiger partial charge in [0.1, 0.15) is 5.54 Å². The zero-order valence-electron chi connectivity index (χ0n) is 12.7. The van der Waals surface area contributed by atoms with Crippen molar-refractivity contribution in [1.29, 1.82) is 0 Å². The molecule has 0 saturated heterocycles. The number of amides is 3. The highest BCUT2D eigenvalue weighted by Crippen LogP contribution is 2.28. The lowest BCUT2D eigenvalue weighted by molar-refractivity contribution is -0.145. The fourth-order valence-electron chi connectivity index (χ4n) is 2.40. The number of hydrogen-bond donors (Lipinski definition) is 4. The van der Waals surface area contributed by atoms with Gasteiger partial charge in [-0.05, 0) is 26.2 Å². The van der Waals surface area contributed by atoms with Gasteiger partial charge in [0.05, 0.1) is 6.54 Å². The first kappa shape index (κ1) is 17.3. The molecule has 7 nitrogen and oxygen atoms in total. The molecule has 1 saturated carbocycles. The van der Waals surface area contributed by atoms with Crippen LogP contribution in [0.4, 0.5) is 4.79 Å². The molecule has 0 spiro atoms. The van der Waals surface area contributed by atoms with Gasteiger partial charge in [0.15, 0.2) is 0 Å². The minimum atomic E-state index is -1.20. The van der Waals surface area contributed by atoms with E-state index in [9.17, 15) is 19.5 Å². The second-order valence-electron chi connectivity index (χ2n) is 5.63. The number of carbonyl (C=O) groups excluding carboxylic acids is 2. The third-order valence-corrected chi connectivity index (χ3v) is 3.90. The first-order valence-corrected chi connectivity index (χ1v) is 7.48. The normalized spacial score (nSPS) is 18.4. The van der Waals surface area contributed by atoms with E-state index in [4.69, 9.17) is 0 Å². The molecule has 0 aromatic carbocycles. The lowest BCUT2D eigenvalue weighted by Gasteiger charge is -2.33. The molecular formula is C14H25N3O4. The van der Waals surface area contributed by atoms with Crippen molar-refractivity contribution in [3.05, 3.63) is 0 Å². The second kappa shape index (κ2) is 7.85. The molecule has 0 aliphatic heterocycles. The van der Waals surface area contributed by atoms with Gasteiger partial charge in [-0.3, -0.25) is 4.79 Å². The Labute approximate surface area is 124 Å². The van der Waals surface area contributed by atoms with Crippen LogP contribution in [0.5, 0.6) is 0 Å². The molecule has 120 valence electrons. The maximum Gasteiger partial charge on any atom is 0.329 e. The van der Waals surface area contributed by atoms with Gasteiger partial charge in [-0.25, -0.2) is 9.59 Å². The Morgan fingerprint density at radius 2 is 1.81 bits per heavy atom. The largest absolute Gasteiger partial charge is 0.480 e. The van der Waals surface area contributed by atoms with Crippen LogP contribution in [0.3, 0.4) is 0 Å². The number of carbonyl (C=O) groups is 3. The van der Waals surface area contributed by atoms with Crippen molar-refractivity contribution < 1.29 is 19.5 Å². The predicted molar refractivity (Wildman–Crippen MR) is 77.9 cm³/mol. The van der Waals surface area contributed by atoms with Crippen LogP contribution < -0.4 is 16.0 Å². The van der Waals surface area contributed by atoms with Gasteiger partial charge in [-0.1, -0.05) is 26.2 Å². The van der Waals surface area contributed by atoms with Crippen molar-refractivity contribution in [3.8, 4) is 0 Å². The van der Waals surface area contributed by atoms with Crippen LogP contribution >= 0.6 is 0 Å². The van der Waals surface area contributed by atoms with Gasteiger partial charge >= 0.3 is 12.0 Å². The number of carboxylic acids is 1. The van der Waals surface area contributed by atoms with Crippen LogP contribution in [0.25, 0.3) is 0 Å². The molecule has 1 aliphatic rings. The Bertz CT molecular complexity index is 392. The van der Waals surface area contributed by atoms with Crippen LogP contribution in [0.2, 0.25) is 0 Å². The average Bonchev–Trinajstić information content (AvgIpc) is 2.45. The van der Waals surface area contributed by atoms with Crippen LogP contribution in [0, 0.1) is 0 Å². The number of nitrogens with one attached hydrogen (secondary N) is 3. The lowest BCUT2D eigenvalue weighted by atomic mass is 9.82. The zero-order chi connectivity index (χ0) is 15.9. The van der Waals surface area contributed by atoms with E-state index in [-0.39, 0.29) is 18.5 Å². The summed E-state index contributed by atoms with van der Waals surface area (Å²) in [6, 6.07) is -0.565. The summed E-state index contributed by atoms with van der Waals surface area (Å²) in [5.41, 5.74) is -1.20.